The van der Waals surface area contributed by atoms with Crippen LogP contribution in [0.25, 0.3) is 0 Å². The van der Waals surface area contributed by atoms with Gasteiger partial charge in [-0.25, -0.2) is 0 Å². The number of aryl methyl sites for hydroxylation is 1. The highest BCUT2D eigenvalue weighted by Crippen LogP contribution is 2.20. The van der Waals surface area contributed by atoms with E-state index in [0.717, 1.165) is 5.75 Å². The predicted molar refractivity (Wildman–Crippen MR) is 63.0 cm³/mol. The van der Waals surface area contributed by atoms with Crippen molar-refractivity contribution in [3.8, 4) is 5.75 Å². The van der Waals surface area contributed by atoms with Crippen LogP contribution in [0.1, 0.15) is 11.1 Å². The number of benzene rings is 1. The molecule has 0 aromatic heterocycles. The summed E-state index contributed by atoms with van der Waals surface area (Å²) >= 11 is 0. The molecule has 0 fully saturated rings. The molecule has 1 aromatic carbocycles. The first kappa shape index (κ1) is 11.3. The first-order valence-electron chi connectivity index (χ1n) is 4.91. The summed E-state index contributed by atoms with van der Waals surface area (Å²) in [5.41, 5.74) is 8.04. The van der Waals surface area contributed by atoms with Crippen LogP contribution in [0, 0.1) is 6.92 Å². The highest BCUT2D eigenvalue weighted by atomic mass is 28.4. The van der Waals surface area contributed by atoms with Gasteiger partial charge >= 0.3 is 0 Å². The summed E-state index contributed by atoms with van der Waals surface area (Å²) in [4.78, 5) is 0. The molecule has 2 N–H and O–H groups in total. The van der Waals surface area contributed by atoms with Crippen molar-refractivity contribution in [2.24, 2.45) is 5.73 Å². The van der Waals surface area contributed by atoms with E-state index in [4.69, 9.17) is 10.2 Å². The second kappa shape index (κ2) is 4.15. The molecule has 0 aliphatic heterocycles. The van der Waals surface area contributed by atoms with E-state index in [0.29, 0.717) is 6.54 Å². The molecule has 78 valence electrons. The molecule has 0 aliphatic rings. The van der Waals surface area contributed by atoms with Crippen molar-refractivity contribution >= 4 is 8.32 Å². The zero-order valence-corrected chi connectivity index (χ0v) is 10.4. The van der Waals surface area contributed by atoms with Gasteiger partial charge in [-0.1, -0.05) is 6.07 Å². The highest BCUT2D eigenvalue weighted by Gasteiger charge is 2.16. The van der Waals surface area contributed by atoms with Crippen LogP contribution in [0.5, 0.6) is 5.75 Å². The molecule has 0 saturated heterocycles. The van der Waals surface area contributed by atoms with Gasteiger partial charge in [-0.2, -0.15) is 0 Å². The number of nitrogens with two attached hydrogens (primary N) is 1. The van der Waals surface area contributed by atoms with E-state index in [2.05, 4.69) is 32.6 Å². The lowest BCUT2D eigenvalue weighted by atomic mass is 10.1. The van der Waals surface area contributed by atoms with E-state index in [1.807, 2.05) is 12.1 Å². The van der Waals surface area contributed by atoms with Gasteiger partial charge in [-0.3, -0.25) is 0 Å². The Morgan fingerprint density at radius 2 is 1.93 bits per heavy atom. The smallest absolute Gasteiger partial charge is 0.242 e. The molecular weight excluding hydrogens is 190 g/mol. The van der Waals surface area contributed by atoms with Crippen LogP contribution < -0.4 is 10.2 Å². The largest absolute Gasteiger partial charge is 0.544 e. The van der Waals surface area contributed by atoms with Crippen molar-refractivity contribution in [1.29, 1.82) is 0 Å². The Balaban J connectivity index is 2.90. The molecule has 0 amide bonds. The first-order valence-corrected chi connectivity index (χ1v) is 8.32. The summed E-state index contributed by atoms with van der Waals surface area (Å²) in [6.07, 6.45) is 0. The van der Waals surface area contributed by atoms with Gasteiger partial charge in [0, 0.05) is 6.54 Å². The van der Waals surface area contributed by atoms with Crippen LogP contribution in [0.15, 0.2) is 18.2 Å². The minimum atomic E-state index is -1.49. The molecule has 3 heteroatoms. The van der Waals surface area contributed by atoms with Gasteiger partial charge in [0.25, 0.3) is 0 Å². The van der Waals surface area contributed by atoms with Crippen molar-refractivity contribution < 1.29 is 4.43 Å². The van der Waals surface area contributed by atoms with Gasteiger partial charge in [-0.15, -0.1) is 0 Å². The molecule has 1 aromatic rings. The summed E-state index contributed by atoms with van der Waals surface area (Å²) < 4.78 is 5.88. The van der Waals surface area contributed by atoms with E-state index in [1.54, 1.807) is 0 Å². The third-order valence-electron chi connectivity index (χ3n) is 1.96. The Kier molecular flexibility index (Phi) is 3.34. The lowest BCUT2D eigenvalue weighted by Crippen LogP contribution is -2.29. The maximum Gasteiger partial charge on any atom is 0.242 e. The molecule has 0 bridgehead atoms. The lowest BCUT2D eigenvalue weighted by molar-refractivity contribution is 0.556. The summed E-state index contributed by atoms with van der Waals surface area (Å²) in [5.74, 6) is 0.954. The third-order valence-corrected chi connectivity index (χ3v) is 2.81. The van der Waals surface area contributed by atoms with Gasteiger partial charge in [-0.05, 0) is 49.8 Å². The van der Waals surface area contributed by atoms with Crippen molar-refractivity contribution in [3.05, 3.63) is 29.3 Å². The molecule has 0 aliphatic carbocycles. The summed E-state index contributed by atoms with van der Waals surface area (Å²) in [5, 5.41) is 0. The zero-order chi connectivity index (χ0) is 10.8. The van der Waals surface area contributed by atoms with E-state index in [1.165, 1.54) is 11.1 Å². The van der Waals surface area contributed by atoms with E-state index in [-0.39, 0.29) is 0 Å². The second-order valence-corrected chi connectivity index (χ2v) is 8.94. The topological polar surface area (TPSA) is 35.2 Å². The Bertz CT molecular complexity index is 318. The summed E-state index contributed by atoms with van der Waals surface area (Å²) in [6.45, 7) is 9.17. The van der Waals surface area contributed by atoms with Crippen molar-refractivity contribution in [1.82, 2.24) is 0 Å². The maximum absolute atomic E-state index is 5.88. The Morgan fingerprint density at radius 1 is 1.29 bits per heavy atom. The Labute approximate surface area is 87.2 Å². The van der Waals surface area contributed by atoms with E-state index >= 15 is 0 Å². The van der Waals surface area contributed by atoms with Crippen LogP contribution in [0.3, 0.4) is 0 Å². The average Bonchev–Trinajstić information content (AvgIpc) is 2.06. The fraction of sp³-hybridized carbons (Fsp3) is 0.455. The number of hydrogen-bond acceptors (Lipinski definition) is 2. The molecule has 1 rings (SSSR count). The Morgan fingerprint density at radius 3 is 2.43 bits per heavy atom. The van der Waals surface area contributed by atoms with Gasteiger partial charge in [0.2, 0.25) is 8.32 Å². The molecular formula is C11H19NOSi. The zero-order valence-electron chi connectivity index (χ0n) is 9.42. The number of hydrogen-bond donors (Lipinski definition) is 1. The summed E-state index contributed by atoms with van der Waals surface area (Å²) in [7, 11) is -1.49. The molecule has 0 heterocycles. The average molecular weight is 209 g/mol. The first-order chi connectivity index (χ1) is 6.42. The molecule has 0 radical (unpaired) electrons. The quantitative estimate of drug-likeness (QED) is 0.777. The second-order valence-electron chi connectivity index (χ2n) is 4.51. The van der Waals surface area contributed by atoms with Gasteiger partial charge < -0.3 is 10.2 Å². The minimum Gasteiger partial charge on any atom is -0.544 e. The van der Waals surface area contributed by atoms with Crippen molar-refractivity contribution in [3.63, 3.8) is 0 Å². The molecule has 2 nitrogen and oxygen atoms in total. The molecule has 0 spiro atoms. The van der Waals surface area contributed by atoms with Crippen LogP contribution in [-0.4, -0.2) is 8.32 Å². The van der Waals surface area contributed by atoms with Crippen LogP contribution in [0.4, 0.5) is 0 Å². The molecule has 0 atom stereocenters. The van der Waals surface area contributed by atoms with Gasteiger partial charge in [0.15, 0.2) is 0 Å². The molecule has 14 heavy (non-hydrogen) atoms. The van der Waals surface area contributed by atoms with E-state index < -0.39 is 8.32 Å². The van der Waals surface area contributed by atoms with Gasteiger partial charge in [0.1, 0.15) is 5.75 Å². The standard InChI is InChI=1S/C11H19NOSi/c1-9-5-6-11(7-10(9)8-12)13-14(2,3)4/h5-7H,8,12H2,1-4H3. The normalized spacial score (nSPS) is 11.5. The number of rotatable bonds is 3. The fourth-order valence-electron chi connectivity index (χ4n) is 1.28. The van der Waals surface area contributed by atoms with Crippen molar-refractivity contribution in [2.45, 2.75) is 33.1 Å². The van der Waals surface area contributed by atoms with Gasteiger partial charge in [0.05, 0.1) is 0 Å². The summed E-state index contributed by atoms with van der Waals surface area (Å²) in [6, 6.07) is 6.14. The monoisotopic (exact) mass is 209 g/mol. The Hall–Kier alpha value is -0.803. The van der Waals surface area contributed by atoms with Crippen LogP contribution in [0.2, 0.25) is 19.6 Å². The lowest BCUT2D eigenvalue weighted by Gasteiger charge is -2.20. The predicted octanol–water partition coefficient (Wildman–Crippen LogP) is 2.67. The maximum atomic E-state index is 5.88. The van der Waals surface area contributed by atoms with Crippen LogP contribution in [-0.2, 0) is 6.54 Å². The fourth-order valence-corrected chi connectivity index (χ4v) is 2.12. The van der Waals surface area contributed by atoms with E-state index in [9.17, 15) is 0 Å². The minimum absolute atomic E-state index is 0.578. The molecule has 0 unspecified atom stereocenters. The third kappa shape index (κ3) is 3.16. The van der Waals surface area contributed by atoms with Crippen LogP contribution >= 0.6 is 0 Å². The SMILES string of the molecule is Cc1ccc(O[Si](C)(C)C)cc1CN. The molecule has 0 saturated carbocycles. The highest BCUT2D eigenvalue weighted by molar-refractivity contribution is 6.70. The van der Waals surface area contributed by atoms with Crippen molar-refractivity contribution in [2.75, 3.05) is 0 Å².